The number of benzene rings is 1. The van der Waals surface area contributed by atoms with Crippen LogP contribution in [0.2, 0.25) is 0 Å². The van der Waals surface area contributed by atoms with Gasteiger partial charge >= 0.3 is 47.8 Å². The molecule has 100 heavy (non-hydrogen) atoms. The van der Waals surface area contributed by atoms with Crippen molar-refractivity contribution in [3.8, 4) is 0 Å². The van der Waals surface area contributed by atoms with E-state index in [2.05, 4.69) is 37.2 Å². The molecule has 1 unspecified atom stereocenters. The van der Waals surface area contributed by atoms with Crippen LogP contribution in [-0.4, -0.2) is 271 Å². The lowest BCUT2D eigenvalue weighted by Crippen LogP contribution is -2.55. The molecule has 1 aliphatic heterocycles. The average Bonchev–Trinajstić information content (AvgIpc) is 0.795. The summed E-state index contributed by atoms with van der Waals surface area (Å²) in [5.74, 6) is -14.0. The first kappa shape index (κ1) is 87.5. The number of unbranched alkanes of at least 4 members (excludes halogenated alkanes) is 4. The maximum atomic E-state index is 16.0. The summed E-state index contributed by atoms with van der Waals surface area (Å²) in [5, 5.41) is 96.5. The zero-order valence-corrected chi connectivity index (χ0v) is 58.6. The summed E-state index contributed by atoms with van der Waals surface area (Å²) < 4.78 is 15.5. The van der Waals surface area contributed by atoms with Crippen molar-refractivity contribution in [2.24, 2.45) is 5.41 Å². The lowest BCUT2D eigenvalue weighted by Gasteiger charge is -2.35. The molecule has 1 aromatic carbocycles. The van der Waals surface area contributed by atoms with E-state index in [1.807, 2.05) is 20.8 Å². The van der Waals surface area contributed by atoms with Gasteiger partial charge < -0.3 is 82.9 Å². The van der Waals surface area contributed by atoms with Crippen LogP contribution in [0, 0.1) is 5.41 Å². The molecule has 562 valence electrons. The minimum Gasteiger partial charge on any atom is -0.549 e. The molecule has 0 saturated carbocycles. The molecule has 1 heterocycles. The molecule has 0 aliphatic carbocycles. The van der Waals surface area contributed by atoms with Gasteiger partial charge in [0.1, 0.15) is 35.0 Å². The summed E-state index contributed by atoms with van der Waals surface area (Å²) in [6, 6.07) is -2.47. The standard InChI is InChI=1S/C65H102FN11O22S/c1-64(2,3)62(66)100(65(4,5)6)43-24-22-42(23-25-43)56(89)69-38-47(70-51(80)27-26-48(61(97)98)77-36-34-75(40-54(85)86)32-30-74(39-53(83)84)31-33-76(35-37-77)41-55(87)88)57(90)71-44(58(91)92)16-11-13-28-67-49(78)19-9-7-8-10-20-50(79)68-29-14-12-17-45(59(93)94)72-63(99)73-46(60(95)96)18-15-21-52(81)82/h11,16,22-25,44-48,62H,7-10,12-15,17-21,26-41H2,1-6H3,(H14-,67,68,69,70,71,72,73,78,79,80,81,82,83,84,85,86,87,88,89,90,91,92,93,94,95,96,97,98,99)/b16-11-/t44-,45-,46-,47-,48-,62+,100?/m0/s1. The Hall–Kier alpha value is -8.54. The summed E-state index contributed by atoms with van der Waals surface area (Å²) >= 11 is 0. The number of rotatable bonds is 44. The van der Waals surface area contributed by atoms with Crippen LogP contribution >= 0.6 is 0 Å². The van der Waals surface area contributed by atoms with E-state index in [1.54, 1.807) is 32.9 Å². The van der Waals surface area contributed by atoms with Crippen molar-refractivity contribution in [3.05, 3.63) is 42.0 Å². The Labute approximate surface area is 583 Å². The average molecular weight is 1440 g/mol. The Bertz CT molecular complexity index is 2900. The second-order valence-electron chi connectivity index (χ2n) is 26.2. The van der Waals surface area contributed by atoms with Gasteiger partial charge in [-0.2, -0.15) is 4.39 Å². The minimum atomic E-state index is -1.71. The van der Waals surface area contributed by atoms with E-state index in [0.717, 1.165) is 6.08 Å². The summed E-state index contributed by atoms with van der Waals surface area (Å²) in [6.45, 7) is 9.08. The van der Waals surface area contributed by atoms with Gasteiger partial charge in [-0.15, -0.1) is 0 Å². The molecule has 1 aromatic rings. The number of hydrogen-bond donors (Lipinski definition) is 14. The number of alkyl halides is 1. The third-order valence-electron chi connectivity index (χ3n) is 15.8. The predicted octanol–water partition coefficient (Wildman–Crippen LogP) is 0.112. The molecule has 7 atom stereocenters. The highest BCUT2D eigenvalue weighted by Gasteiger charge is 2.49. The first-order valence-electron chi connectivity index (χ1n) is 33.2. The third kappa shape index (κ3) is 36.5. The summed E-state index contributed by atoms with van der Waals surface area (Å²) in [5.41, 5.74) is -1.86. The number of urea groups is 1. The number of hydrogen-bond acceptors (Lipinski definition) is 19. The third-order valence-corrected chi connectivity index (χ3v) is 19.0. The number of carbonyl (C=O) groups excluding carboxylic acids is 7. The molecule has 0 bridgehead atoms. The minimum absolute atomic E-state index is 0.0118. The SMILES string of the molecule is CC(C)(C)[C@H](F)[S+](c1ccc(C(=O)NC[C@H](NC(=O)CC[C@@H](C(=O)O)N2CCN(CC(=O)[O-])CCN(CC(=O)O)CCN(CC(=O)O)CC2)C(=O)N[C@@H](/C=C\CCNC(=O)CCCCCCC(=O)NCCCC[C@H](NC(=O)N[C@@H](CCCC(=O)O)C(=O)O)C(=O)O)C(=O)O)cc1)C(C)(C)C. The van der Waals surface area contributed by atoms with Gasteiger partial charge in [0.05, 0.1) is 30.0 Å². The quantitative estimate of drug-likeness (QED) is 0.0234. The number of carboxylic acid groups (broad SMARTS) is 8. The van der Waals surface area contributed by atoms with Gasteiger partial charge in [-0.1, -0.05) is 45.8 Å². The summed E-state index contributed by atoms with van der Waals surface area (Å²) in [7, 11) is -0.932. The molecule has 14 N–H and O–H groups in total. The normalized spacial score (nSPS) is 16.1. The molecular formula is C65H102FN11O22S. The highest BCUT2D eigenvalue weighted by Crippen LogP contribution is 2.40. The monoisotopic (exact) mass is 1440 g/mol. The van der Waals surface area contributed by atoms with Gasteiger partial charge in [0.15, 0.2) is 4.90 Å². The van der Waals surface area contributed by atoms with E-state index in [4.69, 9.17) is 5.11 Å². The van der Waals surface area contributed by atoms with Crippen LogP contribution < -0.4 is 42.3 Å². The highest BCUT2D eigenvalue weighted by molar-refractivity contribution is 7.98. The molecular weight excluding hydrogens is 1340 g/mol. The van der Waals surface area contributed by atoms with Crippen LogP contribution in [0.15, 0.2) is 41.3 Å². The molecule has 1 saturated heterocycles. The lowest BCUT2D eigenvalue weighted by atomic mass is 9.99. The van der Waals surface area contributed by atoms with Gasteiger partial charge in [-0.3, -0.25) is 62.8 Å². The molecule has 35 heteroatoms. The van der Waals surface area contributed by atoms with Crippen LogP contribution in [0.4, 0.5) is 9.18 Å². The van der Waals surface area contributed by atoms with E-state index in [9.17, 15) is 103 Å². The van der Waals surface area contributed by atoms with Crippen molar-refractivity contribution in [1.29, 1.82) is 0 Å². The second kappa shape index (κ2) is 45.3. The maximum Gasteiger partial charge on any atom is 0.330 e. The Balaban J connectivity index is 2.12. The number of nitrogens with zero attached hydrogens (tertiary/aromatic N) is 4. The van der Waals surface area contributed by atoms with Gasteiger partial charge in [0.25, 0.3) is 11.4 Å². The van der Waals surface area contributed by atoms with Crippen molar-refractivity contribution in [2.75, 3.05) is 91.6 Å². The number of nitrogens with one attached hydrogen (secondary N) is 7. The fraction of sp³-hybridized carbons (Fsp3) is 0.662. The van der Waals surface area contributed by atoms with Crippen molar-refractivity contribution >= 4 is 94.2 Å². The van der Waals surface area contributed by atoms with E-state index in [-0.39, 0.29) is 134 Å². The summed E-state index contributed by atoms with van der Waals surface area (Å²) in [6.07, 6.45) is 4.27. The molecule has 0 spiro atoms. The first-order valence-corrected chi connectivity index (χ1v) is 34.5. The number of aliphatic carboxylic acids is 8. The molecule has 0 aromatic heterocycles. The molecule has 2 rings (SSSR count). The molecule has 33 nitrogen and oxygen atoms in total. The number of carboxylic acids is 8. The van der Waals surface area contributed by atoms with Gasteiger partial charge in [0, 0.05) is 115 Å². The Kier molecular flexibility index (Phi) is 39.6. The predicted molar refractivity (Wildman–Crippen MR) is 359 cm³/mol. The van der Waals surface area contributed by atoms with E-state index in [1.165, 1.54) is 37.8 Å². The van der Waals surface area contributed by atoms with E-state index < -0.39 is 167 Å². The Morgan fingerprint density at radius 3 is 1.48 bits per heavy atom. The molecule has 0 radical (unpaired) electrons. The Morgan fingerprint density at radius 2 is 1.02 bits per heavy atom. The van der Waals surface area contributed by atoms with Crippen molar-refractivity contribution in [2.45, 2.75) is 183 Å². The zero-order valence-electron chi connectivity index (χ0n) is 57.8. The lowest BCUT2D eigenvalue weighted by molar-refractivity contribution is -0.306. The van der Waals surface area contributed by atoms with Crippen molar-refractivity contribution < 1.29 is 112 Å². The fourth-order valence-electron chi connectivity index (χ4n) is 10.4. The number of halogens is 1. The topological polar surface area (TPSA) is 501 Å². The number of amides is 7. The molecule has 1 aliphatic rings. The fourth-order valence-corrected chi connectivity index (χ4v) is 13.1. The zero-order chi connectivity index (χ0) is 75.3. The largest absolute Gasteiger partial charge is 0.549 e. The smallest absolute Gasteiger partial charge is 0.330 e. The summed E-state index contributed by atoms with van der Waals surface area (Å²) in [4.78, 5) is 180. The number of carbonyl (C=O) groups is 14. The first-order chi connectivity index (χ1) is 46.9. The van der Waals surface area contributed by atoms with Crippen LogP contribution in [-0.2, 0) is 68.4 Å². The second-order valence-corrected chi connectivity index (χ2v) is 29.0. The van der Waals surface area contributed by atoms with Gasteiger partial charge in [-0.25, -0.2) is 19.2 Å². The molecule has 1 fully saturated rings. The van der Waals surface area contributed by atoms with Crippen LogP contribution in [0.5, 0.6) is 0 Å². The highest BCUT2D eigenvalue weighted by atomic mass is 32.2. The van der Waals surface area contributed by atoms with Gasteiger partial charge in [0.2, 0.25) is 23.6 Å². The van der Waals surface area contributed by atoms with E-state index in [0.29, 0.717) is 37.0 Å². The van der Waals surface area contributed by atoms with Crippen molar-refractivity contribution in [3.63, 3.8) is 0 Å². The van der Waals surface area contributed by atoms with E-state index >= 15 is 4.39 Å². The van der Waals surface area contributed by atoms with Crippen LogP contribution in [0.3, 0.4) is 0 Å². The van der Waals surface area contributed by atoms with Crippen molar-refractivity contribution in [1.82, 2.24) is 56.8 Å². The van der Waals surface area contributed by atoms with Crippen LogP contribution in [0.25, 0.3) is 0 Å². The van der Waals surface area contributed by atoms with Crippen LogP contribution in [0.1, 0.15) is 148 Å². The van der Waals surface area contributed by atoms with Gasteiger partial charge in [-0.05, 0) is 103 Å². The molecule has 7 amide bonds. The maximum absolute atomic E-state index is 16.0. The Morgan fingerprint density at radius 1 is 0.520 bits per heavy atom.